The summed E-state index contributed by atoms with van der Waals surface area (Å²) in [5, 5.41) is 18.6. The highest BCUT2D eigenvalue weighted by Gasteiger charge is 2.28. The van der Waals surface area contributed by atoms with Crippen LogP contribution >= 0.6 is 0 Å². The Balaban J connectivity index is 2.60. The number of nitro groups is 1. The summed E-state index contributed by atoms with van der Waals surface area (Å²) in [6, 6.07) is 0. The molecule has 0 spiro atoms. The van der Waals surface area contributed by atoms with Crippen LogP contribution in [0.5, 0.6) is 0 Å². The molecule has 120 valence electrons. The normalized spacial score (nSPS) is 11.4. The van der Waals surface area contributed by atoms with Gasteiger partial charge in [-0.15, -0.1) is 0 Å². The van der Waals surface area contributed by atoms with E-state index in [-0.39, 0.29) is 16.5 Å². The molecule has 1 heterocycles. The van der Waals surface area contributed by atoms with Crippen molar-refractivity contribution >= 4 is 11.5 Å². The van der Waals surface area contributed by atoms with E-state index in [1.165, 1.54) is 4.68 Å². The highest BCUT2D eigenvalue weighted by atomic mass is 16.6. The van der Waals surface area contributed by atoms with Crippen LogP contribution in [0, 0.1) is 16.0 Å². The van der Waals surface area contributed by atoms with E-state index >= 15 is 0 Å². The van der Waals surface area contributed by atoms with E-state index in [0.717, 1.165) is 6.42 Å². The average molecular weight is 298 g/mol. The second-order valence-electron chi connectivity index (χ2n) is 5.84. The molecule has 0 amide bonds. The van der Waals surface area contributed by atoms with Crippen LogP contribution in [0.1, 0.15) is 45.7 Å². The molecule has 0 aliphatic carbocycles. The highest BCUT2D eigenvalue weighted by Crippen LogP contribution is 2.32. The van der Waals surface area contributed by atoms with Gasteiger partial charge in [0.2, 0.25) is 5.82 Å². The Morgan fingerprint density at radius 1 is 1.33 bits per heavy atom. The number of rotatable bonds is 9. The second-order valence-corrected chi connectivity index (χ2v) is 5.84. The third-order valence-electron chi connectivity index (χ3n) is 3.16. The highest BCUT2D eigenvalue weighted by molar-refractivity contribution is 5.60. The zero-order chi connectivity index (χ0) is 16.0. The molecule has 0 bridgehead atoms. The maximum Gasteiger partial charge on any atom is 0.334 e. The van der Waals surface area contributed by atoms with Gasteiger partial charge in [0, 0.05) is 26.1 Å². The number of ether oxygens (including phenoxy) is 1. The third kappa shape index (κ3) is 5.00. The molecule has 21 heavy (non-hydrogen) atoms. The van der Waals surface area contributed by atoms with Crippen molar-refractivity contribution in [1.82, 2.24) is 9.78 Å². The number of aromatic nitrogens is 2. The number of aryl methyl sites for hydroxylation is 1. The van der Waals surface area contributed by atoms with E-state index in [0.29, 0.717) is 37.2 Å². The Morgan fingerprint density at radius 3 is 2.52 bits per heavy atom. The Morgan fingerprint density at radius 2 is 2.00 bits per heavy atom. The summed E-state index contributed by atoms with van der Waals surface area (Å²) in [6.07, 6.45) is 1.02. The first-order valence-corrected chi connectivity index (χ1v) is 7.37. The van der Waals surface area contributed by atoms with Crippen LogP contribution in [0.3, 0.4) is 0 Å². The maximum atomic E-state index is 11.3. The van der Waals surface area contributed by atoms with Crippen molar-refractivity contribution in [2.45, 2.75) is 40.0 Å². The zero-order valence-electron chi connectivity index (χ0n) is 13.5. The molecule has 0 aromatic carbocycles. The molecule has 7 nitrogen and oxygen atoms in total. The van der Waals surface area contributed by atoms with Gasteiger partial charge in [-0.05, 0) is 12.3 Å². The van der Waals surface area contributed by atoms with Crippen LogP contribution in [0.2, 0.25) is 0 Å². The molecule has 0 fully saturated rings. The van der Waals surface area contributed by atoms with Crippen molar-refractivity contribution in [3.8, 4) is 0 Å². The lowest BCUT2D eigenvalue weighted by Gasteiger charge is -2.08. The molecule has 1 aromatic heterocycles. The summed E-state index contributed by atoms with van der Waals surface area (Å²) in [4.78, 5) is 10.9. The first-order chi connectivity index (χ1) is 9.84. The first kappa shape index (κ1) is 17.4. The predicted molar refractivity (Wildman–Crippen MR) is 82.7 cm³/mol. The lowest BCUT2D eigenvalue weighted by atomic mass is 10.1. The van der Waals surface area contributed by atoms with Gasteiger partial charge in [-0.1, -0.05) is 27.7 Å². The SMILES string of the molecule is CC(C)CCOCCNc1c([N+](=O)[O-])c(C(C)C)nn1C. The zero-order valence-corrected chi connectivity index (χ0v) is 13.5. The van der Waals surface area contributed by atoms with Crippen molar-refractivity contribution in [1.29, 1.82) is 0 Å². The lowest BCUT2D eigenvalue weighted by molar-refractivity contribution is -0.384. The number of hydrogen-bond donors (Lipinski definition) is 1. The number of nitrogens with one attached hydrogen (secondary N) is 1. The Kier molecular flexibility index (Phi) is 6.61. The Bertz CT molecular complexity index is 469. The first-order valence-electron chi connectivity index (χ1n) is 7.37. The molecular formula is C14H26N4O3. The van der Waals surface area contributed by atoms with E-state index in [4.69, 9.17) is 4.74 Å². The molecule has 0 saturated carbocycles. The summed E-state index contributed by atoms with van der Waals surface area (Å²) in [5.41, 5.74) is 0.570. The number of nitrogens with zero attached hydrogens (tertiary/aromatic N) is 3. The minimum atomic E-state index is -0.371. The van der Waals surface area contributed by atoms with E-state index in [2.05, 4.69) is 24.3 Å². The molecule has 0 atom stereocenters. The molecular weight excluding hydrogens is 272 g/mol. The number of hydrogen-bond acceptors (Lipinski definition) is 5. The van der Waals surface area contributed by atoms with Crippen molar-refractivity contribution in [2.75, 3.05) is 25.1 Å². The minimum Gasteiger partial charge on any atom is -0.380 e. The van der Waals surface area contributed by atoms with Crippen LogP contribution in [0.15, 0.2) is 0 Å². The van der Waals surface area contributed by atoms with E-state index in [9.17, 15) is 10.1 Å². The lowest BCUT2D eigenvalue weighted by Crippen LogP contribution is -2.13. The van der Waals surface area contributed by atoms with Gasteiger partial charge in [-0.25, -0.2) is 4.68 Å². The van der Waals surface area contributed by atoms with Gasteiger partial charge in [-0.3, -0.25) is 10.1 Å². The van der Waals surface area contributed by atoms with Gasteiger partial charge in [0.05, 0.1) is 11.5 Å². The van der Waals surface area contributed by atoms with Crippen molar-refractivity contribution in [3.05, 3.63) is 15.8 Å². The molecule has 0 radical (unpaired) electrons. The van der Waals surface area contributed by atoms with Gasteiger partial charge < -0.3 is 10.1 Å². The van der Waals surface area contributed by atoms with Crippen molar-refractivity contribution in [3.63, 3.8) is 0 Å². The van der Waals surface area contributed by atoms with Crippen LogP contribution < -0.4 is 5.32 Å². The van der Waals surface area contributed by atoms with Crippen LogP contribution in [0.25, 0.3) is 0 Å². The fraction of sp³-hybridized carbons (Fsp3) is 0.786. The topological polar surface area (TPSA) is 82.2 Å². The van der Waals surface area contributed by atoms with Gasteiger partial charge in [-0.2, -0.15) is 5.10 Å². The molecule has 1 rings (SSSR count). The predicted octanol–water partition coefficient (Wildman–Crippen LogP) is 2.93. The van der Waals surface area contributed by atoms with Gasteiger partial charge in [0.15, 0.2) is 0 Å². The van der Waals surface area contributed by atoms with Crippen molar-refractivity contribution in [2.24, 2.45) is 13.0 Å². The van der Waals surface area contributed by atoms with Gasteiger partial charge in [0.1, 0.15) is 5.69 Å². The van der Waals surface area contributed by atoms with Gasteiger partial charge in [0.25, 0.3) is 0 Å². The third-order valence-corrected chi connectivity index (χ3v) is 3.16. The fourth-order valence-corrected chi connectivity index (χ4v) is 1.96. The van der Waals surface area contributed by atoms with E-state index in [1.54, 1.807) is 7.05 Å². The molecule has 0 aliphatic rings. The Hall–Kier alpha value is -1.63. The largest absolute Gasteiger partial charge is 0.380 e. The standard InChI is InChI=1S/C14H26N4O3/c1-10(2)6-8-21-9-7-15-14-13(18(19)20)12(11(3)4)16-17(14)5/h10-11,15H,6-9H2,1-5H3. The number of anilines is 1. The van der Waals surface area contributed by atoms with E-state index < -0.39 is 0 Å². The summed E-state index contributed by atoms with van der Waals surface area (Å²) in [6.45, 7) is 9.84. The summed E-state index contributed by atoms with van der Waals surface area (Å²) in [7, 11) is 1.71. The van der Waals surface area contributed by atoms with Crippen LogP contribution in [0.4, 0.5) is 11.5 Å². The monoisotopic (exact) mass is 298 g/mol. The molecule has 0 unspecified atom stereocenters. The van der Waals surface area contributed by atoms with Gasteiger partial charge >= 0.3 is 5.69 Å². The quantitative estimate of drug-likeness (QED) is 0.430. The Labute approximate surface area is 125 Å². The fourth-order valence-electron chi connectivity index (χ4n) is 1.96. The van der Waals surface area contributed by atoms with Crippen LogP contribution in [-0.4, -0.2) is 34.5 Å². The summed E-state index contributed by atoms with van der Waals surface area (Å²) >= 11 is 0. The molecule has 0 aliphatic heterocycles. The average Bonchev–Trinajstić information content (AvgIpc) is 2.71. The summed E-state index contributed by atoms with van der Waals surface area (Å²) < 4.78 is 7.03. The minimum absolute atomic E-state index is 0.00874. The summed E-state index contributed by atoms with van der Waals surface area (Å²) in [5.74, 6) is 1.07. The molecule has 1 aromatic rings. The molecule has 1 N–H and O–H groups in total. The maximum absolute atomic E-state index is 11.3. The smallest absolute Gasteiger partial charge is 0.334 e. The molecule has 7 heteroatoms. The van der Waals surface area contributed by atoms with Crippen molar-refractivity contribution < 1.29 is 9.66 Å². The van der Waals surface area contributed by atoms with Crippen LogP contribution in [-0.2, 0) is 11.8 Å². The molecule has 0 saturated heterocycles. The second kappa shape index (κ2) is 7.97. The van der Waals surface area contributed by atoms with E-state index in [1.807, 2.05) is 13.8 Å².